The summed E-state index contributed by atoms with van der Waals surface area (Å²) >= 11 is 1.65. The van der Waals surface area contributed by atoms with Crippen LogP contribution in [0.25, 0.3) is 11.3 Å². The fourth-order valence-corrected chi connectivity index (χ4v) is 3.30. The molecule has 114 valence electrons. The topological polar surface area (TPSA) is 45.1 Å². The quantitative estimate of drug-likeness (QED) is 0.820. The Morgan fingerprint density at radius 3 is 2.67 bits per heavy atom. The molecule has 21 heavy (non-hydrogen) atoms. The Labute approximate surface area is 131 Å². The zero-order valence-electron chi connectivity index (χ0n) is 13.0. The van der Waals surface area contributed by atoms with Gasteiger partial charge in [0, 0.05) is 24.0 Å². The first kappa shape index (κ1) is 16.1. The predicted octanol–water partition coefficient (Wildman–Crippen LogP) is 3.70. The number of hydrogen-bond donors (Lipinski definition) is 2. The molecule has 4 heteroatoms. The summed E-state index contributed by atoms with van der Waals surface area (Å²) in [5, 5.41) is 16.7. The van der Waals surface area contributed by atoms with Crippen molar-refractivity contribution in [1.82, 2.24) is 10.3 Å². The molecule has 3 nitrogen and oxygen atoms in total. The first-order valence-electron chi connectivity index (χ1n) is 7.39. The normalized spacial score (nSPS) is 14.3. The van der Waals surface area contributed by atoms with Crippen molar-refractivity contribution in [1.29, 1.82) is 0 Å². The highest BCUT2D eigenvalue weighted by atomic mass is 32.1. The molecule has 0 spiro atoms. The number of aromatic nitrogens is 1. The Morgan fingerprint density at radius 1 is 1.29 bits per heavy atom. The van der Waals surface area contributed by atoms with Crippen LogP contribution in [0.2, 0.25) is 0 Å². The molecule has 0 aliphatic carbocycles. The van der Waals surface area contributed by atoms with Crippen LogP contribution in [0.1, 0.15) is 32.2 Å². The molecule has 0 aliphatic heterocycles. The Balaban J connectivity index is 1.86. The van der Waals surface area contributed by atoms with Crippen molar-refractivity contribution in [3.63, 3.8) is 0 Å². The van der Waals surface area contributed by atoms with Crippen LogP contribution < -0.4 is 5.32 Å². The minimum Gasteiger partial charge on any atom is -0.389 e. The van der Waals surface area contributed by atoms with Crippen molar-refractivity contribution in [3.8, 4) is 11.3 Å². The first-order valence-corrected chi connectivity index (χ1v) is 8.27. The monoisotopic (exact) mass is 304 g/mol. The number of hydrogen-bond acceptors (Lipinski definition) is 4. The zero-order valence-corrected chi connectivity index (χ0v) is 13.8. The largest absolute Gasteiger partial charge is 0.389 e. The van der Waals surface area contributed by atoms with E-state index in [0.29, 0.717) is 19.0 Å². The van der Waals surface area contributed by atoms with E-state index in [0.717, 1.165) is 22.7 Å². The lowest BCUT2D eigenvalue weighted by atomic mass is 9.94. The van der Waals surface area contributed by atoms with E-state index in [-0.39, 0.29) is 0 Å². The Morgan fingerprint density at radius 2 is 2.00 bits per heavy atom. The van der Waals surface area contributed by atoms with Gasteiger partial charge in [-0.05, 0) is 19.3 Å². The predicted molar refractivity (Wildman–Crippen MR) is 89.3 cm³/mol. The van der Waals surface area contributed by atoms with Gasteiger partial charge in [0.15, 0.2) is 0 Å². The second kappa shape index (κ2) is 7.16. The number of nitrogens with zero attached hydrogens (tertiary/aromatic N) is 1. The third-order valence-corrected chi connectivity index (χ3v) is 4.10. The molecule has 0 aliphatic rings. The van der Waals surface area contributed by atoms with Gasteiger partial charge < -0.3 is 10.4 Å². The number of nitrogens with one attached hydrogen (secondary N) is 1. The van der Waals surface area contributed by atoms with Gasteiger partial charge in [0.2, 0.25) is 0 Å². The summed E-state index contributed by atoms with van der Waals surface area (Å²) in [5.41, 5.74) is 1.51. The van der Waals surface area contributed by atoms with Gasteiger partial charge in [-0.15, -0.1) is 11.3 Å². The maximum atomic E-state index is 10.3. The summed E-state index contributed by atoms with van der Waals surface area (Å²) in [6, 6.07) is 10.2. The second-order valence-electron chi connectivity index (χ2n) is 6.19. The van der Waals surface area contributed by atoms with E-state index in [1.54, 1.807) is 11.3 Å². The molecule has 0 saturated carbocycles. The van der Waals surface area contributed by atoms with E-state index >= 15 is 0 Å². The minimum absolute atomic E-state index is 0.492. The minimum atomic E-state index is -0.659. The van der Waals surface area contributed by atoms with Gasteiger partial charge in [-0.3, -0.25) is 0 Å². The summed E-state index contributed by atoms with van der Waals surface area (Å²) in [6.07, 6.45) is 0.799. The fraction of sp³-hybridized carbons (Fsp3) is 0.471. The van der Waals surface area contributed by atoms with Crippen molar-refractivity contribution in [2.45, 2.75) is 39.3 Å². The van der Waals surface area contributed by atoms with Crippen molar-refractivity contribution < 1.29 is 5.11 Å². The summed E-state index contributed by atoms with van der Waals surface area (Å²) in [7, 11) is 0. The highest BCUT2D eigenvalue weighted by molar-refractivity contribution is 7.09. The molecule has 0 fully saturated rings. The zero-order chi connectivity index (χ0) is 15.3. The van der Waals surface area contributed by atoms with Gasteiger partial charge in [-0.2, -0.15) is 0 Å². The third-order valence-electron chi connectivity index (χ3n) is 3.25. The maximum Gasteiger partial charge on any atom is 0.107 e. The van der Waals surface area contributed by atoms with E-state index in [1.165, 1.54) is 0 Å². The summed E-state index contributed by atoms with van der Waals surface area (Å²) < 4.78 is 0. The van der Waals surface area contributed by atoms with Crippen LogP contribution in [0.15, 0.2) is 35.7 Å². The fourth-order valence-electron chi connectivity index (χ4n) is 2.52. The molecule has 0 saturated heterocycles. The number of rotatable bonds is 7. The maximum absolute atomic E-state index is 10.3. The Kier molecular flexibility index (Phi) is 5.51. The smallest absolute Gasteiger partial charge is 0.107 e. The second-order valence-corrected chi connectivity index (χ2v) is 7.13. The van der Waals surface area contributed by atoms with Crippen molar-refractivity contribution in [3.05, 3.63) is 40.7 Å². The van der Waals surface area contributed by atoms with Gasteiger partial charge in [-0.25, -0.2) is 4.98 Å². The highest BCUT2D eigenvalue weighted by Gasteiger charge is 2.21. The van der Waals surface area contributed by atoms with Crippen molar-refractivity contribution >= 4 is 11.3 Å². The van der Waals surface area contributed by atoms with E-state index < -0.39 is 5.60 Å². The average molecular weight is 304 g/mol. The number of benzene rings is 1. The van der Waals surface area contributed by atoms with Gasteiger partial charge in [0.25, 0.3) is 0 Å². The lowest BCUT2D eigenvalue weighted by molar-refractivity contribution is 0.0383. The van der Waals surface area contributed by atoms with Gasteiger partial charge in [-0.1, -0.05) is 44.2 Å². The number of aliphatic hydroxyl groups is 1. The van der Waals surface area contributed by atoms with E-state index in [9.17, 15) is 5.11 Å². The molecule has 2 aromatic rings. The Bertz CT molecular complexity index is 549. The molecule has 1 heterocycles. The third kappa shape index (κ3) is 5.23. The summed E-state index contributed by atoms with van der Waals surface area (Å²) in [4.78, 5) is 4.64. The Hall–Kier alpha value is -1.23. The number of thiazole rings is 1. The molecule has 2 rings (SSSR count). The standard InChI is InChI=1S/C17H24N2OS/c1-13(2)9-17(3,20)12-18-10-16-19-15(11-21-16)14-7-5-4-6-8-14/h4-8,11,13,18,20H,9-10,12H2,1-3H3. The summed E-state index contributed by atoms with van der Waals surface area (Å²) in [6.45, 7) is 7.43. The van der Waals surface area contributed by atoms with Crippen LogP contribution >= 0.6 is 11.3 Å². The SMILES string of the molecule is CC(C)CC(C)(O)CNCc1nc(-c2ccccc2)cs1. The van der Waals surface area contributed by atoms with Crippen molar-refractivity contribution in [2.75, 3.05) is 6.54 Å². The molecule has 0 bridgehead atoms. The molecule has 1 unspecified atom stereocenters. The first-order chi connectivity index (χ1) is 9.96. The van der Waals surface area contributed by atoms with Crippen LogP contribution in [0.3, 0.4) is 0 Å². The van der Waals surface area contributed by atoms with Crippen LogP contribution in [0.5, 0.6) is 0 Å². The molecule has 2 N–H and O–H groups in total. The van der Waals surface area contributed by atoms with Crippen molar-refractivity contribution in [2.24, 2.45) is 5.92 Å². The van der Waals surface area contributed by atoms with Gasteiger partial charge in [0.1, 0.15) is 5.01 Å². The van der Waals surface area contributed by atoms with E-state index in [2.05, 4.69) is 41.7 Å². The lowest BCUT2D eigenvalue weighted by Crippen LogP contribution is -2.38. The average Bonchev–Trinajstić information content (AvgIpc) is 2.87. The molecular formula is C17H24N2OS. The molecule has 1 atom stereocenters. The summed E-state index contributed by atoms with van der Waals surface area (Å²) in [5.74, 6) is 0.492. The van der Waals surface area contributed by atoms with Gasteiger partial charge >= 0.3 is 0 Å². The van der Waals surface area contributed by atoms with E-state index in [1.807, 2.05) is 25.1 Å². The van der Waals surface area contributed by atoms with Crippen LogP contribution in [-0.2, 0) is 6.54 Å². The lowest BCUT2D eigenvalue weighted by Gasteiger charge is -2.25. The van der Waals surface area contributed by atoms with Gasteiger partial charge in [0.05, 0.1) is 11.3 Å². The molecule has 1 aromatic heterocycles. The molecule has 0 radical (unpaired) electrons. The molecule has 0 amide bonds. The molecular weight excluding hydrogens is 280 g/mol. The van der Waals surface area contributed by atoms with Crippen LogP contribution in [0, 0.1) is 5.92 Å². The van der Waals surface area contributed by atoms with Crippen LogP contribution in [0.4, 0.5) is 0 Å². The van der Waals surface area contributed by atoms with Crippen LogP contribution in [-0.4, -0.2) is 22.2 Å². The van der Waals surface area contributed by atoms with E-state index in [4.69, 9.17) is 0 Å². The highest BCUT2D eigenvalue weighted by Crippen LogP contribution is 2.21. The molecule has 1 aromatic carbocycles.